The van der Waals surface area contributed by atoms with Crippen molar-refractivity contribution in [1.82, 2.24) is 4.90 Å². The lowest BCUT2D eigenvalue weighted by Gasteiger charge is -2.16. The van der Waals surface area contributed by atoms with Crippen LogP contribution in [0.4, 0.5) is 5.69 Å². The van der Waals surface area contributed by atoms with Gasteiger partial charge in [0.1, 0.15) is 11.5 Å². The third kappa shape index (κ3) is 4.82. The molecular weight excluding hydrogens is 356 g/mol. The van der Waals surface area contributed by atoms with Crippen molar-refractivity contribution in [3.63, 3.8) is 0 Å². The molecule has 1 aliphatic heterocycles. The van der Waals surface area contributed by atoms with Gasteiger partial charge >= 0.3 is 0 Å². The van der Waals surface area contributed by atoms with Gasteiger partial charge in [-0.3, -0.25) is 9.59 Å². The average molecular weight is 382 g/mol. The van der Waals surface area contributed by atoms with Crippen LogP contribution >= 0.6 is 0 Å². The van der Waals surface area contributed by atoms with Crippen LogP contribution in [0.3, 0.4) is 0 Å². The molecule has 0 bridgehead atoms. The van der Waals surface area contributed by atoms with Gasteiger partial charge in [-0.2, -0.15) is 0 Å². The highest BCUT2D eigenvalue weighted by atomic mass is 16.5. The van der Waals surface area contributed by atoms with Crippen LogP contribution in [0.15, 0.2) is 42.5 Å². The molecule has 1 saturated heterocycles. The lowest BCUT2D eigenvalue weighted by Crippen LogP contribution is -2.24. The Hall–Kier alpha value is -3.02. The lowest BCUT2D eigenvalue weighted by atomic mass is 10.1. The Bertz CT molecular complexity index is 850. The van der Waals surface area contributed by atoms with E-state index in [-0.39, 0.29) is 11.8 Å². The maximum absolute atomic E-state index is 12.8. The first-order valence-corrected chi connectivity index (χ1v) is 9.68. The van der Waals surface area contributed by atoms with E-state index in [1.165, 1.54) is 0 Å². The summed E-state index contributed by atoms with van der Waals surface area (Å²) in [6.45, 7) is 6.15. The summed E-state index contributed by atoms with van der Waals surface area (Å²) in [7, 11) is 0. The van der Waals surface area contributed by atoms with Crippen molar-refractivity contribution in [1.29, 1.82) is 0 Å². The minimum atomic E-state index is -0.232. The summed E-state index contributed by atoms with van der Waals surface area (Å²) in [6.07, 6.45) is 1.51. The molecule has 2 aromatic carbocycles. The van der Waals surface area contributed by atoms with Crippen molar-refractivity contribution in [2.24, 2.45) is 0 Å². The highest BCUT2D eigenvalue weighted by Crippen LogP contribution is 2.30. The summed E-state index contributed by atoms with van der Waals surface area (Å²) in [6, 6.07) is 12.7. The van der Waals surface area contributed by atoms with Gasteiger partial charge in [-0.15, -0.1) is 0 Å². The number of rotatable bonds is 8. The minimum Gasteiger partial charge on any atom is -0.494 e. The molecule has 0 saturated carbocycles. The maximum Gasteiger partial charge on any atom is 0.255 e. The molecule has 0 unspecified atom stereocenters. The summed E-state index contributed by atoms with van der Waals surface area (Å²) < 4.78 is 11.1. The second-order valence-electron chi connectivity index (χ2n) is 6.60. The predicted octanol–water partition coefficient (Wildman–Crippen LogP) is 3.86. The van der Waals surface area contributed by atoms with E-state index in [1.54, 1.807) is 18.2 Å². The molecule has 2 amide bonds. The molecule has 3 rings (SSSR count). The average Bonchev–Trinajstić information content (AvgIpc) is 3.09. The number of nitrogens with zero attached hydrogens (tertiary/aromatic N) is 1. The number of benzene rings is 2. The van der Waals surface area contributed by atoms with Crippen LogP contribution in [0.25, 0.3) is 0 Å². The van der Waals surface area contributed by atoms with E-state index in [4.69, 9.17) is 9.47 Å². The fraction of sp³-hybridized carbons (Fsp3) is 0.364. The zero-order valence-electron chi connectivity index (χ0n) is 16.4. The Morgan fingerprint density at radius 1 is 1.11 bits per heavy atom. The molecule has 6 heteroatoms. The molecular formula is C22H26N2O4. The molecule has 148 valence electrons. The molecule has 0 aromatic heterocycles. The maximum atomic E-state index is 12.8. The van der Waals surface area contributed by atoms with Crippen LogP contribution in [0.1, 0.15) is 42.6 Å². The fourth-order valence-electron chi connectivity index (χ4n) is 3.24. The van der Waals surface area contributed by atoms with E-state index in [9.17, 15) is 9.59 Å². The van der Waals surface area contributed by atoms with Crippen LogP contribution in [-0.4, -0.2) is 36.5 Å². The monoisotopic (exact) mass is 382 g/mol. The third-order valence-electron chi connectivity index (χ3n) is 4.54. The summed E-state index contributed by atoms with van der Waals surface area (Å²) >= 11 is 0. The molecule has 1 aliphatic rings. The number of hydrogen-bond acceptors (Lipinski definition) is 4. The highest BCUT2D eigenvalue weighted by Gasteiger charge is 2.20. The summed E-state index contributed by atoms with van der Waals surface area (Å²) in [4.78, 5) is 26.5. The van der Waals surface area contributed by atoms with E-state index in [1.807, 2.05) is 43.0 Å². The van der Waals surface area contributed by atoms with Crippen LogP contribution in [0, 0.1) is 0 Å². The highest BCUT2D eigenvalue weighted by molar-refractivity contribution is 6.05. The van der Waals surface area contributed by atoms with Crippen molar-refractivity contribution in [3.8, 4) is 11.5 Å². The standard InChI is InChI=1S/C22H26N2O4/c1-3-27-18-10-11-20(28-4-2)19(14-18)23-22(26)17-8-5-7-16(13-17)15-24-12-6-9-21(24)25/h5,7-8,10-11,13-14H,3-4,6,9,12,15H2,1-2H3,(H,23,26). The first-order valence-electron chi connectivity index (χ1n) is 9.68. The molecule has 1 fully saturated rings. The number of anilines is 1. The van der Waals surface area contributed by atoms with Gasteiger partial charge < -0.3 is 19.7 Å². The van der Waals surface area contributed by atoms with Crippen molar-refractivity contribution in [3.05, 3.63) is 53.6 Å². The normalized spacial score (nSPS) is 13.5. The summed E-state index contributed by atoms with van der Waals surface area (Å²) in [5, 5.41) is 2.92. The lowest BCUT2D eigenvalue weighted by molar-refractivity contribution is -0.128. The fourth-order valence-corrected chi connectivity index (χ4v) is 3.24. The topological polar surface area (TPSA) is 67.9 Å². The quantitative estimate of drug-likeness (QED) is 0.753. The zero-order valence-corrected chi connectivity index (χ0v) is 16.4. The van der Waals surface area contributed by atoms with Gasteiger partial charge in [0.05, 0.1) is 18.9 Å². The Balaban J connectivity index is 1.76. The molecule has 28 heavy (non-hydrogen) atoms. The van der Waals surface area contributed by atoms with Crippen molar-refractivity contribution < 1.29 is 19.1 Å². The number of carbonyl (C=O) groups is 2. The third-order valence-corrected chi connectivity index (χ3v) is 4.54. The Morgan fingerprint density at radius 3 is 2.64 bits per heavy atom. The van der Waals surface area contributed by atoms with Gasteiger partial charge in [0.25, 0.3) is 5.91 Å². The Kier molecular flexibility index (Phi) is 6.53. The van der Waals surface area contributed by atoms with E-state index in [2.05, 4.69) is 5.32 Å². The molecule has 1 heterocycles. The van der Waals surface area contributed by atoms with Crippen molar-refractivity contribution in [2.45, 2.75) is 33.2 Å². The van der Waals surface area contributed by atoms with Crippen LogP contribution in [0.2, 0.25) is 0 Å². The number of carbonyl (C=O) groups excluding carboxylic acids is 2. The van der Waals surface area contributed by atoms with Gasteiger partial charge in [-0.1, -0.05) is 12.1 Å². The minimum absolute atomic E-state index is 0.170. The van der Waals surface area contributed by atoms with E-state index >= 15 is 0 Å². The van der Waals surface area contributed by atoms with Gasteiger partial charge in [-0.05, 0) is 50.1 Å². The molecule has 0 radical (unpaired) electrons. The number of amides is 2. The predicted molar refractivity (Wildman–Crippen MR) is 108 cm³/mol. The van der Waals surface area contributed by atoms with Gasteiger partial charge in [-0.25, -0.2) is 0 Å². The number of likely N-dealkylation sites (tertiary alicyclic amines) is 1. The molecule has 0 spiro atoms. The molecule has 2 aromatic rings. The van der Waals surface area contributed by atoms with E-state index in [0.717, 1.165) is 18.5 Å². The van der Waals surface area contributed by atoms with Crippen LogP contribution in [0.5, 0.6) is 11.5 Å². The first-order chi connectivity index (χ1) is 13.6. The molecule has 0 aliphatic carbocycles. The number of nitrogens with one attached hydrogen (secondary N) is 1. The zero-order chi connectivity index (χ0) is 19.9. The van der Waals surface area contributed by atoms with Crippen molar-refractivity contribution in [2.75, 3.05) is 25.1 Å². The Labute approximate surface area is 165 Å². The largest absolute Gasteiger partial charge is 0.494 e. The van der Waals surface area contributed by atoms with Crippen LogP contribution in [-0.2, 0) is 11.3 Å². The molecule has 6 nitrogen and oxygen atoms in total. The van der Waals surface area contributed by atoms with Crippen molar-refractivity contribution >= 4 is 17.5 Å². The van der Waals surface area contributed by atoms with E-state index in [0.29, 0.717) is 48.9 Å². The Morgan fingerprint density at radius 2 is 1.93 bits per heavy atom. The van der Waals surface area contributed by atoms with Gasteiger partial charge in [0.2, 0.25) is 5.91 Å². The molecule has 1 N–H and O–H groups in total. The first kappa shape index (κ1) is 19.7. The smallest absolute Gasteiger partial charge is 0.255 e. The summed E-state index contributed by atoms with van der Waals surface area (Å²) in [5.74, 6) is 1.20. The second-order valence-corrected chi connectivity index (χ2v) is 6.60. The van der Waals surface area contributed by atoms with E-state index < -0.39 is 0 Å². The SMILES string of the molecule is CCOc1ccc(OCC)c(NC(=O)c2cccc(CN3CCCC3=O)c2)c1. The number of hydrogen-bond donors (Lipinski definition) is 1. The van der Waals surface area contributed by atoms with Gasteiger partial charge in [0.15, 0.2) is 0 Å². The molecule has 0 atom stereocenters. The van der Waals surface area contributed by atoms with Gasteiger partial charge in [0, 0.05) is 31.1 Å². The second kappa shape index (κ2) is 9.26. The van der Waals surface area contributed by atoms with Crippen LogP contribution < -0.4 is 14.8 Å². The summed E-state index contributed by atoms with van der Waals surface area (Å²) in [5.41, 5.74) is 2.04. The number of ether oxygens (including phenoxy) is 2.